The minimum atomic E-state index is 0.575. The molecule has 0 saturated carbocycles. The lowest BCUT2D eigenvalue weighted by Crippen LogP contribution is -2.03. The highest BCUT2D eigenvalue weighted by atomic mass is 79.9. The molecule has 0 amide bonds. The van der Waals surface area contributed by atoms with Crippen molar-refractivity contribution in [3.8, 4) is 5.69 Å². The van der Waals surface area contributed by atoms with Crippen LogP contribution in [0, 0.1) is 0 Å². The van der Waals surface area contributed by atoms with Gasteiger partial charge in [-0.1, -0.05) is 29.8 Å². The normalized spacial score (nSPS) is 10.6. The predicted molar refractivity (Wildman–Crippen MR) is 87.8 cm³/mol. The molecule has 3 aromatic rings. The van der Waals surface area contributed by atoms with Crippen molar-refractivity contribution >= 4 is 33.2 Å². The molecule has 1 heterocycles. The van der Waals surface area contributed by atoms with Gasteiger partial charge in [0.25, 0.3) is 0 Å². The van der Waals surface area contributed by atoms with Crippen molar-refractivity contribution in [3.05, 3.63) is 69.9 Å². The molecular weight excluding hydrogens is 352 g/mol. The zero-order valence-corrected chi connectivity index (χ0v) is 13.3. The van der Waals surface area contributed by atoms with E-state index in [9.17, 15) is 0 Å². The lowest BCUT2D eigenvalue weighted by molar-refractivity contribution is 0.740. The van der Waals surface area contributed by atoms with Gasteiger partial charge in [-0.3, -0.25) is 0 Å². The van der Waals surface area contributed by atoms with E-state index in [0.717, 1.165) is 21.5 Å². The molecule has 2 aromatic carbocycles. The van der Waals surface area contributed by atoms with Gasteiger partial charge in [-0.05, 0) is 46.3 Å². The standard InChI is InChI=1S/C15H12BrClN4/c16-14-7-6-11(17)8-15(14)18-9-12-10-19-21(20-12)13-4-2-1-3-5-13/h1-8,10,18H,9H2. The van der Waals surface area contributed by atoms with Crippen molar-refractivity contribution in [2.45, 2.75) is 6.54 Å². The summed E-state index contributed by atoms with van der Waals surface area (Å²) in [7, 11) is 0. The first-order valence-electron chi connectivity index (χ1n) is 6.38. The average Bonchev–Trinajstić information content (AvgIpc) is 2.98. The van der Waals surface area contributed by atoms with Crippen LogP contribution >= 0.6 is 27.5 Å². The van der Waals surface area contributed by atoms with Gasteiger partial charge in [0.2, 0.25) is 0 Å². The van der Waals surface area contributed by atoms with Crippen LogP contribution in [0.2, 0.25) is 5.02 Å². The number of nitrogens with one attached hydrogen (secondary N) is 1. The number of nitrogens with zero attached hydrogens (tertiary/aromatic N) is 3. The summed E-state index contributed by atoms with van der Waals surface area (Å²) in [6.45, 7) is 0.575. The number of hydrogen-bond donors (Lipinski definition) is 1. The maximum absolute atomic E-state index is 5.99. The summed E-state index contributed by atoms with van der Waals surface area (Å²) in [5.74, 6) is 0. The van der Waals surface area contributed by atoms with Crippen LogP contribution in [0.15, 0.2) is 59.2 Å². The lowest BCUT2D eigenvalue weighted by atomic mass is 10.3. The smallest absolute Gasteiger partial charge is 0.102 e. The van der Waals surface area contributed by atoms with Gasteiger partial charge in [-0.2, -0.15) is 15.0 Å². The van der Waals surface area contributed by atoms with Crippen LogP contribution < -0.4 is 5.32 Å². The molecule has 0 unspecified atom stereocenters. The van der Waals surface area contributed by atoms with E-state index < -0.39 is 0 Å². The zero-order chi connectivity index (χ0) is 14.7. The molecule has 0 spiro atoms. The minimum absolute atomic E-state index is 0.575. The number of halogens is 2. The summed E-state index contributed by atoms with van der Waals surface area (Å²) in [4.78, 5) is 1.62. The largest absolute Gasteiger partial charge is 0.378 e. The van der Waals surface area contributed by atoms with E-state index in [1.54, 1.807) is 11.0 Å². The van der Waals surface area contributed by atoms with Crippen LogP contribution in [0.5, 0.6) is 0 Å². The first-order chi connectivity index (χ1) is 10.2. The van der Waals surface area contributed by atoms with Crippen LogP contribution in [0.4, 0.5) is 5.69 Å². The van der Waals surface area contributed by atoms with Crippen molar-refractivity contribution in [2.24, 2.45) is 0 Å². The number of anilines is 1. The fourth-order valence-corrected chi connectivity index (χ4v) is 2.44. The highest BCUT2D eigenvalue weighted by Crippen LogP contribution is 2.26. The quantitative estimate of drug-likeness (QED) is 0.751. The molecular formula is C15H12BrClN4. The first-order valence-corrected chi connectivity index (χ1v) is 7.55. The third-order valence-corrected chi connectivity index (χ3v) is 3.84. The number of aromatic nitrogens is 3. The van der Waals surface area contributed by atoms with Crippen LogP contribution in [-0.2, 0) is 6.54 Å². The number of para-hydroxylation sites is 1. The summed E-state index contributed by atoms with van der Waals surface area (Å²) < 4.78 is 0.961. The molecule has 3 rings (SSSR count). The van der Waals surface area contributed by atoms with Crippen molar-refractivity contribution < 1.29 is 0 Å². The number of hydrogen-bond acceptors (Lipinski definition) is 3. The molecule has 0 atom stereocenters. The summed E-state index contributed by atoms with van der Waals surface area (Å²) >= 11 is 9.47. The van der Waals surface area contributed by atoms with E-state index in [0.29, 0.717) is 11.6 Å². The molecule has 0 aliphatic rings. The average molecular weight is 364 g/mol. The van der Waals surface area contributed by atoms with Crippen LogP contribution in [0.1, 0.15) is 5.69 Å². The molecule has 0 aliphatic heterocycles. The Morgan fingerprint density at radius 1 is 1.14 bits per heavy atom. The van der Waals surface area contributed by atoms with Crippen molar-refractivity contribution in [1.82, 2.24) is 15.0 Å². The molecule has 0 radical (unpaired) electrons. The zero-order valence-electron chi connectivity index (χ0n) is 11.0. The molecule has 6 heteroatoms. The molecule has 0 fully saturated rings. The molecule has 106 valence electrons. The summed E-state index contributed by atoms with van der Waals surface area (Å²) in [6.07, 6.45) is 1.75. The van der Waals surface area contributed by atoms with Crippen molar-refractivity contribution in [3.63, 3.8) is 0 Å². The Hall–Kier alpha value is -1.85. The van der Waals surface area contributed by atoms with Gasteiger partial charge in [0, 0.05) is 9.50 Å². The third-order valence-electron chi connectivity index (χ3n) is 2.91. The molecule has 1 aromatic heterocycles. The SMILES string of the molecule is Clc1ccc(Br)c(NCc2cnn(-c3ccccc3)n2)c1. The summed E-state index contributed by atoms with van der Waals surface area (Å²) in [6, 6.07) is 15.4. The summed E-state index contributed by atoms with van der Waals surface area (Å²) in [5, 5.41) is 12.7. The molecule has 21 heavy (non-hydrogen) atoms. The third kappa shape index (κ3) is 3.43. The second-order valence-electron chi connectivity index (χ2n) is 4.44. The van der Waals surface area contributed by atoms with Gasteiger partial charge in [-0.15, -0.1) is 0 Å². The minimum Gasteiger partial charge on any atom is -0.378 e. The second kappa shape index (κ2) is 6.28. The molecule has 0 aliphatic carbocycles. The van der Waals surface area contributed by atoms with E-state index >= 15 is 0 Å². The van der Waals surface area contributed by atoms with Crippen LogP contribution in [0.25, 0.3) is 5.69 Å². The van der Waals surface area contributed by atoms with Gasteiger partial charge in [-0.25, -0.2) is 0 Å². The Morgan fingerprint density at radius 2 is 1.95 bits per heavy atom. The highest BCUT2D eigenvalue weighted by molar-refractivity contribution is 9.10. The molecule has 0 bridgehead atoms. The Morgan fingerprint density at radius 3 is 2.76 bits per heavy atom. The van der Waals surface area contributed by atoms with Crippen LogP contribution in [-0.4, -0.2) is 15.0 Å². The Balaban J connectivity index is 1.72. The maximum Gasteiger partial charge on any atom is 0.102 e. The number of benzene rings is 2. The highest BCUT2D eigenvalue weighted by Gasteiger charge is 2.04. The van der Waals surface area contributed by atoms with E-state index in [1.807, 2.05) is 48.5 Å². The van der Waals surface area contributed by atoms with Gasteiger partial charge >= 0.3 is 0 Å². The molecule has 4 nitrogen and oxygen atoms in total. The monoisotopic (exact) mass is 362 g/mol. The topological polar surface area (TPSA) is 42.7 Å². The van der Waals surface area contributed by atoms with E-state index in [-0.39, 0.29) is 0 Å². The van der Waals surface area contributed by atoms with E-state index in [4.69, 9.17) is 11.6 Å². The van der Waals surface area contributed by atoms with Crippen molar-refractivity contribution in [2.75, 3.05) is 5.32 Å². The van der Waals surface area contributed by atoms with Crippen molar-refractivity contribution in [1.29, 1.82) is 0 Å². The fourth-order valence-electron chi connectivity index (χ4n) is 1.88. The fraction of sp³-hybridized carbons (Fsp3) is 0.0667. The molecule has 1 N–H and O–H groups in total. The van der Waals surface area contributed by atoms with Crippen LogP contribution in [0.3, 0.4) is 0 Å². The maximum atomic E-state index is 5.99. The van der Waals surface area contributed by atoms with Gasteiger partial charge in [0.15, 0.2) is 0 Å². The lowest BCUT2D eigenvalue weighted by Gasteiger charge is -2.07. The second-order valence-corrected chi connectivity index (χ2v) is 5.73. The Kier molecular flexibility index (Phi) is 4.22. The van der Waals surface area contributed by atoms with Gasteiger partial charge < -0.3 is 5.32 Å². The number of rotatable bonds is 4. The summed E-state index contributed by atoms with van der Waals surface area (Å²) in [5.41, 5.74) is 2.72. The van der Waals surface area contributed by atoms with E-state index in [1.165, 1.54) is 0 Å². The predicted octanol–water partition coefficient (Wildman–Crippen LogP) is 4.30. The molecule has 0 saturated heterocycles. The first kappa shape index (κ1) is 14.1. The van der Waals surface area contributed by atoms with E-state index in [2.05, 4.69) is 31.4 Å². The Labute approximate surface area is 135 Å². The Bertz CT molecular complexity index is 742. The van der Waals surface area contributed by atoms with Gasteiger partial charge in [0.05, 0.1) is 24.1 Å². The van der Waals surface area contributed by atoms with Gasteiger partial charge in [0.1, 0.15) is 5.69 Å².